The van der Waals surface area contributed by atoms with Crippen LogP contribution in [0.25, 0.3) is 0 Å². The Morgan fingerprint density at radius 2 is 0.592 bits per heavy atom. The molecule has 0 N–H and O–H groups in total. The standard InChI is InChI=1S/C65H106O6/c1-4-7-10-13-16-19-22-25-28-31-32-35-37-40-43-46-49-52-55-58-64(67)70-61-62(71-65(68)59-56-53-50-47-44-41-38-34-30-27-24-21-18-15-12-9-6-3)60-69-63(66)57-54-51-48-45-42-39-36-33-29-26-23-20-17-14-11-8-5-2/h7,10,16,18-19,21,25,27-28,30,32,35,38,40-41,43,47,49-50,52,62H,4-6,8-9,11-15,17,20,22-24,26,29,31,33-34,36-37,39,42,44-46,48,51,53-61H2,1-3H3/b10-7+,19-16+,21-18+,28-25+,30-27+,35-32+,41-38+,43-40+,50-47+,52-49+/t62-/m1/s1. The zero-order valence-corrected chi connectivity index (χ0v) is 45.9. The number of allylic oxidation sites excluding steroid dienone is 20. The summed E-state index contributed by atoms with van der Waals surface area (Å²) in [7, 11) is 0. The number of rotatable bonds is 51. The lowest BCUT2D eigenvalue weighted by Crippen LogP contribution is -2.30. The van der Waals surface area contributed by atoms with E-state index in [1.807, 2.05) is 12.2 Å². The maximum Gasteiger partial charge on any atom is 0.306 e. The monoisotopic (exact) mass is 983 g/mol. The van der Waals surface area contributed by atoms with Crippen molar-refractivity contribution in [2.24, 2.45) is 0 Å². The molecule has 0 aromatic carbocycles. The Balaban J connectivity index is 4.58. The molecule has 0 heterocycles. The van der Waals surface area contributed by atoms with Crippen LogP contribution < -0.4 is 0 Å². The van der Waals surface area contributed by atoms with Gasteiger partial charge in [-0.15, -0.1) is 0 Å². The van der Waals surface area contributed by atoms with E-state index in [2.05, 4.69) is 130 Å². The molecule has 0 aliphatic carbocycles. The number of unbranched alkanes of at least 4 members (excludes halogenated alkanes) is 20. The fraction of sp³-hybridized carbons (Fsp3) is 0.646. The van der Waals surface area contributed by atoms with Crippen LogP contribution in [0.5, 0.6) is 0 Å². The van der Waals surface area contributed by atoms with E-state index < -0.39 is 6.10 Å². The molecule has 0 aliphatic rings. The molecule has 0 amide bonds. The SMILES string of the molecule is CC/C=C/C/C=C/C/C=C/C/C=C/C/C=C/C/C=C/CCC(=O)OC[C@@H](COC(=O)CCCCCCCCCCCCCCCCCCC)OC(=O)CCC/C=C/C/C=C/C/C=C/C/C=C/CCCCC. The maximum atomic E-state index is 12.8. The molecule has 0 bridgehead atoms. The van der Waals surface area contributed by atoms with E-state index in [1.165, 1.54) is 116 Å². The molecule has 0 aromatic rings. The Labute approximate surface area is 437 Å². The minimum Gasteiger partial charge on any atom is -0.462 e. The van der Waals surface area contributed by atoms with E-state index in [0.29, 0.717) is 19.3 Å². The Morgan fingerprint density at radius 3 is 0.986 bits per heavy atom. The normalized spacial score (nSPS) is 13.0. The quantitative estimate of drug-likeness (QED) is 0.0261. The Bertz CT molecular complexity index is 1500. The number of hydrogen-bond donors (Lipinski definition) is 0. The number of carbonyl (C=O) groups is 3. The van der Waals surface area contributed by atoms with Crippen LogP contribution in [0.4, 0.5) is 0 Å². The molecule has 0 spiro atoms. The molecule has 0 aliphatic heterocycles. The minimum atomic E-state index is -0.839. The molecule has 0 rings (SSSR count). The summed E-state index contributed by atoms with van der Waals surface area (Å²) in [5.41, 5.74) is 0. The second-order valence-corrected chi connectivity index (χ2v) is 18.8. The lowest BCUT2D eigenvalue weighted by molar-refractivity contribution is -0.166. The summed E-state index contributed by atoms with van der Waals surface area (Å²) in [5.74, 6) is -1.07. The van der Waals surface area contributed by atoms with E-state index in [-0.39, 0.29) is 44.0 Å². The van der Waals surface area contributed by atoms with Crippen LogP contribution in [0.3, 0.4) is 0 Å². The van der Waals surface area contributed by atoms with E-state index in [9.17, 15) is 14.4 Å². The predicted octanol–water partition coefficient (Wildman–Crippen LogP) is 19.6. The molecule has 0 fully saturated rings. The number of esters is 3. The Kier molecular flexibility index (Phi) is 54.9. The van der Waals surface area contributed by atoms with Gasteiger partial charge in [0.25, 0.3) is 0 Å². The summed E-state index contributed by atoms with van der Waals surface area (Å²) < 4.78 is 16.7. The van der Waals surface area contributed by atoms with Crippen LogP contribution in [0.2, 0.25) is 0 Å². The molecule has 6 heteroatoms. The van der Waals surface area contributed by atoms with Crippen molar-refractivity contribution in [1.82, 2.24) is 0 Å². The molecule has 0 radical (unpaired) electrons. The summed E-state index contributed by atoms with van der Waals surface area (Å²) in [6, 6.07) is 0. The topological polar surface area (TPSA) is 78.9 Å². The third kappa shape index (κ3) is 56.6. The fourth-order valence-electron chi connectivity index (χ4n) is 7.64. The highest BCUT2D eigenvalue weighted by atomic mass is 16.6. The summed E-state index contributed by atoms with van der Waals surface area (Å²) in [6.45, 7) is 6.39. The van der Waals surface area contributed by atoms with Gasteiger partial charge in [0, 0.05) is 19.3 Å². The molecule has 0 unspecified atom stereocenters. The molecule has 71 heavy (non-hydrogen) atoms. The van der Waals surface area contributed by atoms with Crippen LogP contribution >= 0.6 is 0 Å². The van der Waals surface area contributed by atoms with Crippen molar-refractivity contribution in [3.05, 3.63) is 122 Å². The van der Waals surface area contributed by atoms with E-state index >= 15 is 0 Å². The van der Waals surface area contributed by atoms with Gasteiger partial charge in [-0.2, -0.15) is 0 Å². The second-order valence-electron chi connectivity index (χ2n) is 18.8. The van der Waals surface area contributed by atoms with Gasteiger partial charge in [0.15, 0.2) is 6.10 Å². The largest absolute Gasteiger partial charge is 0.462 e. The Morgan fingerprint density at radius 1 is 0.296 bits per heavy atom. The Hall–Kier alpha value is -4.19. The van der Waals surface area contributed by atoms with Crippen molar-refractivity contribution in [3.8, 4) is 0 Å². The van der Waals surface area contributed by atoms with Gasteiger partial charge in [-0.25, -0.2) is 0 Å². The van der Waals surface area contributed by atoms with Gasteiger partial charge >= 0.3 is 17.9 Å². The zero-order valence-electron chi connectivity index (χ0n) is 45.9. The van der Waals surface area contributed by atoms with Crippen LogP contribution in [0.1, 0.15) is 252 Å². The fourth-order valence-corrected chi connectivity index (χ4v) is 7.64. The van der Waals surface area contributed by atoms with Gasteiger partial charge in [-0.3, -0.25) is 14.4 Å². The van der Waals surface area contributed by atoms with Crippen molar-refractivity contribution < 1.29 is 28.6 Å². The van der Waals surface area contributed by atoms with E-state index in [4.69, 9.17) is 14.2 Å². The lowest BCUT2D eigenvalue weighted by Gasteiger charge is -2.18. The molecule has 0 aromatic heterocycles. The molecule has 0 saturated heterocycles. The van der Waals surface area contributed by atoms with Gasteiger partial charge < -0.3 is 14.2 Å². The van der Waals surface area contributed by atoms with Crippen molar-refractivity contribution >= 4 is 17.9 Å². The van der Waals surface area contributed by atoms with Gasteiger partial charge in [-0.1, -0.05) is 258 Å². The average molecular weight is 984 g/mol. The highest BCUT2D eigenvalue weighted by Gasteiger charge is 2.19. The van der Waals surface area contributed by atoms with Crippen LogP contribution in [-0.4, -0.2) is 37.2 Å². The van der Waals surface area contributed by atoms with Crippen LogP contribution in [0, 0.1) is 0 Å². The maximum absolute atomic E-state index is 12.8. The predicted molar refractivity (Wildman–Crippen MR) is 306 cm³/mol. The highest BCUT2D eigenvalue weighted by molar-refractivity contribution is 5.71. The molecular formula is C65H106O6. The molecular weight excluding hydrogens is 877 g/mol. The summed E-state index contributed by atoms with van der Waals surface area (Å²) in [6.07, 6.45) is 80.6. The van der Waals surface area contributed by atoms with Gasteiger partial charge in [0.05, 0.1) is 0 Å². The van der Waals surface area contributed by atoms with Gasteiger partial charge in [0.1, 0.15) is 13.2 Å². The first-order chi connectivity index (χ1) is 35.0. The summed E-state index contributed by atoms with van der Waals surface area (Å²) >= 11 is 0. The van der Waals surface area contributed by atoms with Crippen LogP contribution in [-0.2, 0) is 28.6 Å². The smallest absolute Gasteiger partial charge is 0.306 e. The lowest BCUT2D eigenvalue weighted by atomic mass is 10.0. The van der Waals surface area contributed by atoms with Gasteiger partial charge in [-0.05, 0) is 96.3 Å². The third-order valence-electron chi connectivity index (χ3n) is 12.0. The van der Waals surface area contributed by atoms with Crippen molar-refractivity contribution in [2.45, 2.75) is 258 Å². The first-order valence-corrected chi connectivity index (χ1v) is 29.0. The second kappa shape index (κ2) is 58.4. The highest BCUT2D eigenvalue weighted by Crippen LogP contribution is 2.15. The summed E-state index contributed by atoms with van der Waals surface area (Å²) in [5, 5.41) is 0. The first-order valence-electron chi connectivity index (χ1n) is 29.0. The van der Waals surface area contributed by atoms with Crippen LogP contribution in [0.15, 0.2) is 122 Å². The van der Waals surface area contributed by atoms with Crippen molar-refractivity contribution in [2.75, 3.05) is 13.2 Å². The third-order valence-corrected chi connectivity index (χ3v) is 12.0. The number of ether oxygens (including phenoxy) is 3. The molecule has 402 valence electrons. The van der Waals surface area contributed by atoms with E-state index in [0.717, 1.165) is 83.5 Å². The van der Waals surface area contributed by atoms with Gasteiger partial charge in [0.2, 0.25) is 0 Å². The van der Waals surface area contributed by atoms with E-state index in [1.54, 1.807) is 0 Å². The summed E-state index contributed by atoms with van der Waals surface area (Å²) in [4.78, 5) is 38.1. The van der Waals surface area contributed by atoms with Crippen molar-refractivity contribution in [1.29, 1.82) is 0 Å². The average Bonchev–Trinajstić information content (AvgIpc) is 3.37. The van der Waals surface area contributed by atoms with Crippen molar-refractivity contribution in [3.63, 3.8) is 0 Å². The molecule has 1 atom stereocenters. The minimum absolute atomic E-state index is 0.124. The molecule has 0 saturated carbocycles. The number of hydrogen-bond acceptors (Lipinski definition) is 6. The zero-order chi connectivity index (χ0) is 51.4. The number of carbonyl (C=O) groups excluding carboxylic acids is 3. The first kappa shape index (κ1) is 66.8. The molecule has 6 nitrogen and oxygen atoms in total.